The highest BCUT2D eigenvalue weighted by Crippen LogP contribution is 2.23. The standard InChI is InChI=1S/C13H14N6OS/c20-12(11-7-18-5-6-21-13(18)16-11)17-3-1-10(2-4-17)19-8-14-15-9-19/h5-10H,1-4H2. The van der Waals surface area contributed by atoms with Crippen molar-refractivity contribution in [3.63, 3.8) is 0 Å². The smallest absolute Gasteiger partial charge is 0.274 e. The van der Waals surface area contributed by atoms with Gasteiger partial charge in [0.25, 0.3) is 5.91 Å². The van der Waals surface area contributed by atoms with E-state index >= 15 is 0 Å². The lowest BCUT2D eigenvalue weighted by atomic mass is 10.0. The maximum atomic E-state index is 12.5. The SMILES string of the molecule is O=C(c1cn2ccsc2n1)N1CCC(n2cnnc2)CC1. The number of imidazole rings is 1. The van der Waals surface area contributed by atoms with Crippen LogP contribution in [0.2, 0.25) is 0 Å². The van der Waals surface area contributed by atoms with Gasteiger partial charge in [0.1, 0.15) is 18.3 Å². The molecule has 1 saturated heterocycles. The Morgan fingerprint density at radius 2 is 2.00 bits per heavy atom. The molecule has 21 heavy (non-hydrogen) atoms. The summed E-state index contributed by atoms with van der Waals surface area (Å²) >= 11 is 1.53. The van der Waals surface area contributed by atoms with E-state index in [-0.39, 0.29) is 5.91 Å². The summed E-state index contributed by atoms with van der Waals surface area (Å²) in [5, 5.41) is 9.64. The lowest BCUT2D eigenvalue weighted by Gasteiger charge is -2.31. The molecule has 1 aliphatic rings. The third kappa shape index (κ3) is 2.21. The van der Waals surface area contributed by atoms with Gasteiger partial charge in [-0.2, -0.15) is 0 Å². The normalized spacial score (nSPS) is 16.7. The Balaban J connectivity index is 1.46. The van der Waals surface area contributed by atoms with Gasteiger partial charge in [-0.05, 0) is 12.8 Å². The molecule has 0 aliphatic carbocycles. The van der Waals surface area contributed by atoms with Crippen molar-refractivity contribution in [2.45, 2.75) is 18.9 Å². The zero-order valence-electron chi connectivity index (χ0n) is 11.3. The average molecular weight is 302 g/mol. The first-order chi connectivity index (χ1) is 10.3. The molecule has 0 bridgehead atoms. The van der Waals surface area contributed by atoms with Crippen LogP contribution in [-0.4, -0.2) is 48.0 Å². The van der Waals surface area contributed by atoms with E-state index in [9.17, 15) is 4.79 Å². The minimum absolute atomic E-state index is 0.0214. The summed E-state index contributed by atoms with van der Waals surface area (Å²) < 4.78 is 3.91. The molecule has 4 rings (SSSR count). The van der Waals surface area contributed by atoms with Gasteiger partial charge in [-0.15, -0.1) is 21.5 Å². The fourth-order valence-electron chi connectivity index (χ4n) is 2.76. The van der Waals surface area contributed by atoms with Crippen LogP contribution in [0.3, 0.4) is 0 Å². The molecule has 1 amide bonds. The minimum atomic E-state index is 0.0214. The number of piperidine rings is 1. The van der Waals surface area contributed by atoms with Crippen LogP contribution in [0.15, 0.2) is 30.4 Å². The first-order valence-electron chi connectivity index (χ1n) is 6.87. The fourth-order valence-corrected chi connectivity index (χ4v) is 3.46. The second-order valence-corrected chi connectivity index (χ2v) is 6.02. The van der Waals surface area contributed by atoms with Crippen molar-refractivity contribution in [2.24, 2.45) is 0 Å². The molecule has 7 nitrogen and oxygen atoms in total. The van der Waals surface area contributed by atoms with E-state index in [1.165, 1.54) is 11.3 Å². The predicted molar refractivity (Wildman–Crippen MR) is 77.3 cm³/mol. The molecule has 0 atom stereocenters. The maximum Gasteiger partial charge on any atom is 0.274 e. The summed E-state index contributed by atoms with van der Waals surface area (Å²) in [7, 11) is 0. The molecule has 8 heteroatoms. The third-order valence-corrected chi connectivity index (χ3v) is 4.69. The van der Waals surface area contributed by atoms with E-state index < -0.39 is 0 Å². The molecule has 0 radical (unpaired) electrons. The lowest BCUT2D eigenvalue weighted by molar-refractivity contribution is 0.0689. The van der Waals surface area contributed by atoms with Crippen molar-refractivity contribution in [2.75, 3.05) is 13.1 Å². The average Bonchev–Trinajstić information content (AvgIpc) is 3.23. The van der Waals surface area contributed by atoms with Gasteiger partial charge in [0.05, 0.1) is 0 Å². The number of carbonyl (C=O) groups is 1. The Labute approximate surface area is 124 Å². The van der Waals surface area contributed by atoms with Gasteiger partial charge in [0.15, 0.2) is 4.96 Å². The molecule has 4 heterocycles. The van der Waals surface area contributed by atoms with Crippen molar-refractivity contribution in [3.05, 3.63) is 36.1 Å². The minimum Gasteiger partial charge on any atom is -0.337 e. The molecular formula is C13H14N6OS. The first kappa shape index (κ1) is 12.5. The fraction of sp³-hybridized carbons (Fsp3) is 0.385. The highest BCUT2D eigenvalue weighted by atomic mass is 32.1. The highest BCUT2D eigenvalue weighted by molar-refractivity contribution is 7.15. The van der Waals surface area contributed by atoms with E-state index in [1.54, 1.807) is 18.9 Å². The molecule has 3 aromatic heterocycles. The maximum absolute atomic E-state index is 12.5. The monoisotopic (exact) mass is 302 g/mol. The second kappa shape index (κ2) is 4.96. The third-order valence-electron chi connectivity index (χ3n) is 3.92. The molecule has 1 fully saturated rings. The van der Waals surface area contributed by atoms with E-state index in [0.29, 0.717) is 11.7 Å². The quantitative estimate of drug-likeness (QED) is 0.719. The number of carbonyl (C=O) groups excluding carboxylic acids is 1. The number of hydrogen-bond acceptors (Lipinski definition) is 5. The zero-order chi connectivity index (χ0) is 14.2. The van der Waals surface area contributed by atoms with Crippen LogP contribution >= 0.6 is 11.3 Å². The van der Waals surface area contributed by atoms with E-state index in [2.05, 4.69) is 15.2 Å². The molecular weight excluding hydrogens is 288 g/mol. The Morgan fingerprint density at radius 3 is 2.71 bits per heavy atom. The summed E-state index contributed by atoms with van der Waals surface area (Å²) in [6, 6.07) is 0.384. The molecule has 0 N–H and O–H groups in total. The molecule has 0 unspecified atom stereocenters. The predicted octanol–water partition coefficient (Wildman–Crippen LogP) is 1.46. The van der Waals surface area contributed by atoms with Crippen LogP contribution in [0.5, 0.6) is 0 Å². The Bertz CT molecular complexity index is 724. The molecule has 0 spiro atoms. The summed E-state index contributed by atoms with van der Waals surface area (Å²) in [5.74, 6) is 0.0214. The Morgan fingerprint density at radius 1 is 1.24 bits per heavy atom. The zero-order valence-corrected chi connectivity index (χ0v) is 12.1. The number of nitrogens with zero attached hydrogens (tertiary/aromatic N) is 6. The molecule has 0 saturated carbocycles. The van der Waals surface area contributed by atoms with Gasteiger partial charge in [-0.3, -0.25) is 9.20 Å². The Hall–Kier alpha value is -2.22. The second-order valence-electron chi connectivity index (χ2n) is 5.15. The van der Waals surface area contributed by atoms with Crippen LogP contribution in [0.25, 0.3) is 4.96 Å². The van der Waals surface area contributed by atoms with Gasteiger partial charge < -0.3 is 9.47 Å². The van der Waals surface area contributed by atoms with Gasteiger partial charge in [0.2, 0.25) is 0 Å². The summed E-state index contributed by atoms with van der Waals surface area (Å²) in [4.78, 5) is 19.6. The topological polar surface area (TPSA) is 68.3 Å². The lowest BCUT2D eigenvalue weighted by Crippen LogP contribution is -2.39. The van der Waals surface area contributed by atoms with Crippen LogP contribution in [-0.2, 0) is 0 Å². The summed E-state index contributed by atoms with van der Waals surface area (Å²) in [5.41, 5.74) is 0.532. The van der Waals surface area contributed by atoms with Crippen molar-refractivity contribution in [3.8, 4) is 0 Å². The number of hydrogen-bond donors (Lipinski definition) is 0. The number of amides is 1. The summed E-state index contributed by atoms with van der Waals surface area (Å²) in [6.07, 6.45) is 9.05. The number of fused-ring (bicyclic) bond motifs is 1. The highest BCUT2D eigenvalue weighted by Gasteiger charge is 2.26. The van der Waals surface area contributed by atoms with Crippen molar-refractivity contribution < 1.29 is 4.79 Å². The largest absolute Gasteiger partial charge is 0.337 e. The van der Waals surface area contributed by atoms with E-state index in [4.69, 9.17) is 0 Å². The number of rotatable bonds is 2. The Kier molecular flexibility index (Phi) is 2.95. The van der Waals surface area contributed by atoms with Crippen molar-refractivity contribution in [1.82, 2.24) is 29.0 Å². The number of thiazole rings is 1. The van der Waals surface area contributed by atoms with Crippen LogP contribution in [0.1, 0.15) is 29.4 Å². The van der Waals surface area contributed by atoms with Gasteiger partial charge in [0, 0.05) is 36.9 Å². The van der Waals surface area contributed by atoms with Gasteiger partial charge in [-0.25, -0.2) is 4.98 Å². The first-order valence-corrected chi connectivity index (χ1v) is 7.75. The molecule has 108 valence electrons. The van der Waals surface area contributed by atoms with Crippen LogP contribution < -0.4 is 0 Å². The van der Waals surface area contributed by atoms with Crippen LogP contribution in [0.4, 0.5) is 0 Å². The van der Waals surface area contributed by atoms with E-state index in [1.807, 2.05) is 25.4 Å². The van der Waals surface area contributed by atoms with Crippen molar-refractivity contribution in [1.29, 1.82) is 0 Å². The van der Waals surface area contributed by atoms with Gasteiger partial charge in [-0.1, -0.05) is 0 Å². The number of aromatic nitrogens is 5. The number of likely N-dealkylation sites (tertiary alicyclic amines) is 1. The van der Waals surface area contributed by atoms with Crippen molar-refractivity contribution >= 4 is 22.2 Å². The molecule has 3 aromatic rings. The van der Waals surface area contributed by atoms with Gasteiger partial charge >= 0.3 is 0 Å². The molecule has 1 aliphatic heterocycles. The van der Waals surface area contributed by atoms with Crippen LogP contribution in [0, 0.1) is 0 Å². The summed E-state index contributed by atoms with van der Waals surface area (Å²) in [6.45, 7) is 1.49. The molecule has 0 aromatic carbocycles. The van der Waals surface area contributed by atoms with E-state index in [0.717, 1.165) is 30.9 Å².